The van der Waals surface area contributed by atoms with E-state index in [1.54, 1.807) is 24.3 Å². The highest BCUT2D eigenvalue weighted by atomic mass is 35.5. The van der Waals surface area contributed by atoms with Gasteiger partial charge in [0.1, 0.15) is 4.90 Å². The molecule has 0 radical (unpaired) electrons. The Labute approximate surface area is 127 Å². The average Bonchev–Trinajstić information content (AvgIpc) is 2.41. The predicted octanol–water partition coefficient (Wildman–Crippen LogP) is 3.05. The second kappa shape index (κ2) is 6.01. The molecule has 2 aromatic carbocycles. The number of nitrogens with one attached hydrogen (secondary N) is 1. The molecular weight excluding hydrogens is 319 g/mol. The number of sulfonamides is 1. The third-order valence-electron chi connectivity index (χ3n) is 2.63. The van der Waals surface area contributed by atoms with Gasteiger partial charge in [0.2, 0.25) is 10.0 Å². The lowest BCUT2D eigenvalue weighted by Gasteiger charge is -2.09. The third-order valence-corrected chi connectivity index (χ3v) is 4.75. The SMILES string of the molecule is Nc1ccc(CNS(=O)(=O)c2cc(Cl)ccc2Cl)cc1. The van der Waals surface area contributed by atoms with Crippen molar-refractivity contribution in [3.05, 3.63) is 58.1 Å². The summed E-state index contributed by atoms with van der Waals surface area (Å²) in [5.41, 5.74) is 6.98. The summed E-state index contributed by atoms with van der Waals surface area (Å²) in [5.74, 6) is 0. The van der Waals surface area contributed by atoms with E-state index in [1.165, 1.54) is 18.2 Å². The highest BCUT2D eigenvalue weighted by molar-refractivity contribution is 7.89. The minimum Gasteiger partial charge on any atom is -0.399 e. The van der Waals surface area contributed by atoms with Crippen LogP contribution in [0.2, 0.25) is 10.0 Å². The summed E-state index contributed by atoms with van der Waals surface area (Å²) in [6.07, 6.45) is 0. The lowest BCUT2D eigenvalue weighted by Crippen LogP contribution is -2.23. The number of halogens is 2. The molecule has 0 aliphatic carbocycles. The number of benzene rings is 2. The van der Waals surface area contributed by atoms with Gasteiger partial charge in [-0.2, -0.15) is 0 Å². The average molecular weight is 331 g/mol. The molecular formula is C13H12Cl2N2O2S. The summed E-state index contributed by atoms with van der Waals surface area (Å²) in [6, 6.07) is 11.2. The molecule has 3 N–H and O–H groups in total. The molecule has 0 saturated heterocycles. The molecule has 20 heavy (non-hydrogen) atoms. The van der Waals surface area contributed by atoms with Crippen molar-refractivity contribution in [2.24, 2.45) is 0 Å². The largest absolute Gasteiger partial charge is 0.399 e. The van der Waals surface area contributed by atoms with Crippen molar-refractivity contribution >= 4 is 38.9 Å². The highest BCUT2D eigenvalue weighted by Gasteiger charge is 2.18. The Morgan fingerprint density at radius 3 is 2.35 bits per heavy atom. The first-order valence-electron chi connectivity index (χ1n) is 5.67. The minimum atomic E-state index is -3.72. The molecule has 0 heterocycles. The highest BCUT2D eigenvalue weighted by Crippen LogP contribution is 2.24. The van der Waals surface area contributed by atoms with Crippen molar-refractivity contribution in [3.8, 4) is 0 Å². The van der Waals surface area contributed by atoms with E-state index >= 15 is 0 Å². The Bertz CT molecular complexity index is 716. The van der Waals surface area contributed by atoms with Crippen LogP contribution in [0, 0.1) is 0 Å². The van der Waals surface area contributed by atoms with Crippen LogP contribution in [0.3, 0.4) is 0 Å². The molecule has 0 spiro atoms. The normalized spacial score (nSPS) is 11.5. The standard InChI is InChI=1S/C13H12Cl2N2O2S/c14-10-3-6-12(15)13(7-10)20(18,19)17-8-9-1-4-11(16)5-2-9/h1-7,17H,8,16H2. The molecule has 0 atom stereocenters. The Morgan fingerprint density at radius 1 is 1.05 bits per heavy atom. The molecule has 0 bridgehead atoms. The Balaban J connectivity index is 2.19. The first-order chi connectivity index (χ1) is 9.38. The lowest BCUT2D eigenvalue weighted by molar-refractivity contribution is 0.581. The van der Waals surface area contributed by atoms with Gasteiger partial charge in [0.15, 0.2) is 0 Å². The van der Waals surface area contributed by atoms with Gasteiger partial charge in [0.05, 0.1) is 5.02 Å². The monoisotopic (exact) mass is 330 g/mol. The van der Waals surface area contributed by atoms with E-state index in [0.29, 0.717) is 10.7 Å². The summed E-state index contributed by atoms with van der Waals surface area (Å²) in [4.78, 5) is -0.0397. The fourth-order valence-corrected chi connectivity index (χ4v) is 3.35. The van der Waals surface area contributed by atoms with Gasteiger partial charge < -0.3 is 5.73 Å². The van der Waals surface area contributed by atoms with Gasteiger partial charge in [0.25, 0.3) is 0 Å². The van der Waals surface area contributed by atoms with Gasteiger partial charge >= 0.3 is 0 Å². The van der Waals surface area contributed by atoms with Crippen molar-refractivity contribution in [2.45, 2.75) is 11.4 Å². The first-order valence-corrected chi connectivity index (χ1v) is 7.91. The number of rotatable bonds is 4. The number of nitrogen functional groups attached to an aromatic ring is 1. The van der Waals surface area contributed by atoms with Crippen LogP contribution in [0.25, 0.3) is 0 Å². The summed E-state index contributed by atoms with van der Waals surface area (Å²) < 4.78 is 26.8. The molecule has 0 unspecified atom stereocenters. The Morgan fingerprint density at radius 2 is 1.70 bits per heavy atom. The van der Waals surface area contributed by atoms with Crippen LogP contribution in [0.1, 0.15) is 5.56 Å². The summed E-state index contributed by atoms with van der Waals surface area (Å²) >= 11 is 11.7. The van der Waals surface area contributed by atoms with E-state index < -0.39 is 10.0 Å². The summed E-state index contributed by atoms with van der Waals surface area (Å²) in [6.45, 7) is 0.144. The predicted molar refractivity (Wildman–Crippen MR) is 81.3 cm³/mol. The van der Waals surface area contributed by atoms with E-state index in [1.807, 2.05) is 0 Å². The van der Waals surface area contributed by atoms with Crippen LogP contribution in [0.5, 0.6) is 0 Å². The summed E-state index contributed by atoms with van der Waals surface area (Å²) in [5, 5.41) is 0.432. The number of anilines is 1. The zero-order valence-corrected chi connectivity index (χ0v) is 12.6. The van der Waals surface area contributed by atoms with Crippen LogP contribution in [-0.2, 0) is 16.6 Å². The summed E-state index contributed by atoms with van der Waals surface area (Å²) in [7, 11) is -3.72. The van der Waals surface area contributed by atoms with E-state index in [4.69, 9.17) is 28.9 Å². The Hall–Kier alpha value is -1.27. The zero-order valence-electron chi connectivity index (χ0n) is 10.3. The number of hydrogen-bond acceptors (Lipinski definition) is 3. The molecule has 4 nitrogen and oxygen atoms in total. The van der Waals surface area contributed by atoms with Crippen LogP contribution >= 0.6 is 23.2 Å². The topological polar surface area (TPSA) is 72.2 Å². The third kappa shape index (κ3) is 3.64. The fourth-order valence-electron chi connectivity index (χ4n) is 1.57. The van der Waals surface area contributed by atoms with Crippen LogP contribution in [0.4, 0.5) is 5.69 Å². The van der Waals surface area contributed by atoms with Crippen molar-refractivity contribution in [1.82, 2.24) is 4.72 Å². The van der Waals surface area contributed by atoms with Gasteiger partial charge in [0, 0.05) is 17.3 Å². The molecule has 106 valence electrons. The molecule has 2 aromatic rings. The maximum atomic E-state index is 12.2. The van der Waals surface area contributed by atoms with Gasteiger partial charge in [-0.05, 0) is 35.9 Å². The fraction of sp³-hybridized carbons (Fsp3) is 0.0769. The molecule has 0 aliphatic rings. The van der Waals surface area contributed by atoms with Gasteiger partial charge in [-0.15, -0.1) is 0 Å². The van der Waals surface area contributed by atoms with Crippen molar-refractivity contribution in [1.29, 1.82) is 0 Å². The number of hydrogen-bond donors (Lipinski definition) is 2. The molecule has 0 fully saturated rings. The molecule has 0 aromatic heterocycles. The van der Waals surface area contributed by atoms with Crippen LogP contribution in [0.15, 0.2) is 47.4 Å². The smallest absolute Gasteiger partial charge is 0.242 e. The molecule has 7 heteroatoms. The minimum absolute atomic E-state index is 0.0397. The van der Waals surface area contributed by atoms with Crippen molar-refractivity contribution in [2.75, 3.05) is 5.73 Å². The maximum absolute atomic E-state index is 12.2. The molecule has 0 saturated carbocycles. The maximum Gasteiger partial charge on any atom is 0.242 e. The van der Waals surface area contributed by atoms with Gasteiger partial charge in [-0.25, -0.2) is 13.1 Å². The van der Waals surface area contributed by atoms with Crippen molar-refractivity contribution in [3.63, 3.8) is 0 Å². The number of nitrogens with two attached hydrogens (primary N) is 1. The van der Waals surface area contributed by atoms with E-state index in [9.17, 15) is 8.42 Å². The molecule has 2 rings (SSSR count). The van der Waals surface area contributed by atoms with E-state index in [-0.39, 0.29) is 16.5 Å². The quantitative estimate of drug-likeness (QED) is 0.846. The Kier molecular flexibility index (Phi) is 4.55. The lowest BCUT2D eigenvalue weighted by atomic mass is 10.2. The van der Waals surface area contributed by atoms with Crippen LogP contribution in [-0.4, -0.2) is 8.42 Å². The molecule has 0 aliphatic heterocycles. The first kappa shape index (κ1) is 15.1. The van der Waals surface area contributed by atoms with Gasteiger partial charge in [-0.1, -0.05) is 35.3 Å². The zero-order chi connectivity index (χ0) is 14.8. The van der Waals surface area contributed by atoms with Gasteiger partial charge in [-0.3, -0.25) is 0 Å². The second-order valence-corrected chi connectivity index (χ2v) is 6.72. The van der Waals surface area contributed by atoms with E-state index in [0.717, 1.165) is 5.56 Å². The second-order valence-electron chi connectivity index (χ2n) is 4.14. The molecule has 0 amide bonds. The van der Waals surface area contributed by atoms with E-state index in [2.05, 4.69) is 4.72 Å². The van der Waals surface area contributed by atoms with Crippen LogP contribution < -0.4 is 10.5 Å². The van der Waals surface area contributed by atoms with Crippen molar-refractivity contribution < 1.29 is 8.42 Å².